The quantitative estimate of drug-likeness (QED) is 0.169. The molecule has 9 aromatic rings. The van der Waals surface area contributed by atoms with E-state index in [0.29, 0.717) is 43.8 Å². The fourth-order valence-electron chi connectivity index (χ4n) is 7.07. The lowest BCUT2D eigenvalue weighted by Gasteiger charge is -2.23. The second-order valence-electron chi connectivity index (χ2n) is 11.7. The van der Waals surface area contributed by atoms with Crippen LogP contribution < -0.4 is 0 Å². The fourth-order valence-corrected chi connectivity index (χ4v) is 7.07. The summed E-state index contributed by atoms with van der Waals surface area (Å²) >= 11 is 0. The fraction of sp³-hybridized carbons (Fsp3) is 0. The maximum absolute atomic E-state index is 9.63. The van der Waals surface area contributed by atoms with E-state index in [9.17, 15) is 2.74 Å². The molecule has 0 unspecified atom stereocenters. The van der Waals surface area contributed by atoms with E-state index in [0.717, 1.165) is 38.6 Å². The first-order valence-corrected chi connectivity index (χ1v) is 15.9. The van der Waals surface area contributed by atoms with Crippen LogP contribution in [0.1, 0.15) is 12.3 Å². The Balaban J connectivity index is 1.48. The standard InChI is InChI=1S/C48H32/c1-4-17-33(18-5-1)36-31-32-45(40-24-11-10-23-39(36)40)46-41-25-12-14-27-43(41)48(44-28-15-13-26-42(44)46)47-37(34-19-6-2-7-20-34)29-16-30-38(47)35-21-8-3-9-22-35/h1-32H/i1D,4D,5D,12D,14D,17D,18D,25D,27D. The van der Waals surface area contributed by atoms with Crippen molar-refractivity contribution in [1.82, 2.24) is 0 Å². The van der Waals surface area contributed by atoms with Crippen molar-refractivity contribution >= 4 is 32.3 Å². The molecule has 0 saturated carbocycles. The second-order valence-corrected chi connectivity index (χ2v) is 11.7. The zero-order chi connectivity index (χ0) is 39.7. The molecule has 0 radical (unpaired) electrons. The highest BCUT2D eigenvalue weighted by molar-refractivity contribution is 6.26. The molecule has 9 aromatic carbocycles. The van der Waals surface area contributed by atoms with Crippen LogP contribution in [0.15, 0.2) is 194 Å². The van der Waals surface area contributed by atoms with Crippen LogP contribution in [0.3, 0.4) is 0 Å². The number of hydrogen-bond donors (Lipinski definition) is 0. The van der Waals surface area contributed by atoms with Gasteiger partial charge in [0.2, 0.25) is 0 Å². The molecule has 0 aliphatic heterocycles. The molecule has 9 rings (SSSR count). The molecule has 0 fully saturated rings. The molecule has 0 nitrogen and oxygen atoms in total. The summed E-state index contributed by atoms with van der Waals surface area (Å²) in [4.78, 5) is 0. The lowest BCUT2D eigenvalue weighted by molar-refractivity contribution is 1.58. The predicted molar refractivity (Wildman–Crippen MR) is 206 cm³/mol. The monoisotopic (exact) mass is 617 g/mol. The minimum absolute atomic E-state index is 0.0849. The largest absolute Gasteiger partial charge is 0.0629 e. The summed E-state index contributed by atoms with van der Waals surface area (Å²) in [5.74, 6) is 0. The summed E-state index contributed by atoms with van der Waals surface area (Å²) in [6, 6.07) is 42.2. The van der Waals surface area contributed by atoms with Gasteiger partial charge < -0.3 is 0 Å². The number of rotatable bonds is 5. The Morgan fingerprint density at radius 2 is 0.708 bits per heavy atom. The summed E-state index contributed by atoms with van der Waals surface area (Å²) in [6.07, 6.45) is 0. The van der Waals surface area contributed by atoms with Crippen LogP contribution in [0.2, 0.25) is 0 Å². The molecule has 0 amide bonds. The molecule has 0 heteroatoms. The van der Waals surface area contributed by atoms with Gasteiger partial charge in [0.05, 0.1) is 12.3 Å². The van der Waals surface area contributed by atoms with Crippen molar-refractivity contribution in [3.05, 3.63) is 194 Å². The van der Waals surface area contributed by atoms with Crippen molar-refractivity contribution < 1.29 is 12.3 Å². The normalized spacial score (nSPS) is 14.0. The van der Waals surface area contributed by atoms with Crippen molar-refractivity contribution in [1.29, 1.82) is 0 Å². The van der Waals surface area contributed by atoms with Crippen molar-refractivity contribution in [2.75, 3.05) is 0 Å². The number of fused-ring (bicyclic) bond motifs is 3. The minimum Gasteiger partial charge on any atom is -0.0622 e. The molecule has 0 aliphatic rings. The van der Waals surface area contributed by atoms with E-state index in [-0.39, 0.29) is 41.8 Å². The highest BCUT2D eigenvalue weighted by atomic mass is 14.3. The summed E-state index contributed by atoms with van der Waals surface area (Å²) in [6.45, 7) is 0. The SMILES string of the molecule is [2H]c1c([2H])c([2H])c(-c2ccc(-c3c4ccccc4c(-c4c(-c5ccccc5)cccc4-c4ccccc4)c4c([2H])c([2H])c([2H])c([2H])c34)c3ccccc23)c([2H])c1[2H]. The Labute approximate surface area is 293 Å². The molecule has 0 aromatic heterocycles. The van der Waals surface area contributed by atoms with E-state index in [1.54, 1.807) is 6.07 Å². The van der Waals surface area contributed by atoms with Gasteiger partial charge in [-0.2, -0.15) is 0 Å². The van der Waals surface area contributed by atoms with Crippen LogP contribution in [0.4, 0.5) is 0 Å². The molecule has 0 atom stereocenters. The van der Waals surface area contributed by atoms with Gasteiger partial charge in [-0.05, 0) is 88.0 Å². The van der Waals surface area contributed by atoms with E-state index < -0.39 is 18.1 Å². The van der Waals surface area contributed by atoms with Gasteiger partial charge in [0.1, 0.15) is 0 Å². The Morgan fingerprint density at radius 3 is 1.31 bits per heavy atom. The van der Waals surface area contributed by atoms with Gasteiger partial charge in [-0.3, -0.25) is 0 Å². The van der Waals surface area contributed by atoms with Crippen LogP contribution in [0.25, 0.3) is 88.0 Å². The van der Waals surface area contributed by atoms with Gasteiger partial charge in [-0.15, -0.1) is 0 Å². The molecule has 224 valence electrons. The molecule has 0 aliphatic carbocycles. The van der Waals surface area contributed by atoms with Gasteiger partial charge in [0.25, 0.3) is 0 Å². The van der Waals surface area contributed by atoms with E-state index in [2.05, 4.69) is 12.1 Å². The zero-order valence-corrected chi connectivity index (χ0v) is 25.8. The molecule has 0 spiro atoms. The van der Waals surface area contributed by atoms with Gasteiger partial charge in [-0.25, -0.2) is 0 Å². The van der Waals surface area contributed by atoms with Gasteiger partial charge in [0, 0.05) is 0 Å². The molecule has 0 N–H and O–H groups in total. The number of hydrogen-bond acceptors (Lipinski definition) is 0. The lowest BCUT2D eigenvalue weighted by atomic mass is 9.80. The highest BCUT2D eigenvalue weighted by Gasteiger charge is 2.22. The Bertz CT molecular complexity index is 3020. The maximum Gasteiger partial charge on any atom is 0.0629 e. The first kappa shape index (κ1) is 20.1. The minimum atomic E-state index is -0.467. The average Bonchev–Trinajstić information content (AvgIpc) is 3.26. The molecule has 0 heterocycles. The Kier molecular flexibility index (Phi) is 4.96. The van der Waals surface area contributed by atoms with E-state index >= 15 is 0 Å². The highest BCUT2D eigenvalue weighted by Crippen LogP contribution is 2.50. The second kappa shape index (κ2) is 11.8. The van der Waals surface area contributed by atoms with Crippen LogP contribution in [0.5, 0.6) is 0 Å². The average molecular weight is 618 g/mol. The van der Waals surface area contributed by atoms with Gasteiger partial charge >= 0.3 is 0 Å². The van der Waals surface area contributed by atoms with E-state index in [4.69, 9.17) is 9.60 Å². The Hall–Kier alpha value is -6.24. The van der Waals surface area contributed by atoms with Crippen LogP contribution >= 0.6 is 0 Å². The van der Waals surface area contributed by atoms with Crippen molar-refractivity contribution in [2.24, 2.45) is 0 Å². The predicted octanol–water partition coefficient (Wildman–Crippen LogP) is 13.5. The van der Waals surface area contributed by atoms with Crippen molar-refractivity contribution in [3.8, 4) is 55.6 Å². The summed E-state index contributed by atoms with van der Waals surface area (Å²) < 4.78 is 79.7. The summed E-state index contributed by atoms with van der Waals surface area (Å²) in [7, 11) is 0. The van der Waals surface area contributed by atoms with Crippen LogP contribution in [-0.2, 0) is 0 Å². The molecular formula is C48H32. The van der Waals surface area contributed by atoms with Crippen molar-refractivity contribution in [3.63, 3.8) is 0 Å². The van der Waals surface area contributed by atoms with Crippen LogP contribution in [0, 0.1) is 0 Å². The molecule has 0 saturated heterocycles. The zero-order valence-electron chi connectivity index (χ0n) is 34.8. The lowest BCUT2D eigenvalue weighted by Crippen LogP contribution is -1.96. The van der Waals surface area contributed by atoms with Gasteiger partial charge in [-0.1, -0.05) is 194 Å². The molecule has 0 bridgehead atoms. The molecular weight excluding hydrogens is 577 g/mol. The smallest absolute Gasteiger partial charge is 0.0622 e. The number of benzene rings is 9. The first-order valence-electron chi connectivity index (χ1n) is 20.4. The Morgan fingerprint density at radius 1 is 0.250 bits per heavy atom. The van der Waals surface area contributed by atoms with Crippen molar-refractivity contribution in [2.45, 2.75) is 0 Å². The van der Waals surface area contributed by atoms with Gasteiger partial charge in [0.15, 0.2) is 0 Å². The third-order valence-electron chi connectivity index (χ3n) is 9.10. The third kappa shape index (κ3) is 4.62. The van der Waals surface area contributed by atoms with Crippen LogP contribution in [-0.4, -0.2) is 0 Å². The maximum atomic E-state index is 9.63. The van der Waals surface area contributed by atoms with E-state index in [1.807, 2.05) is 121 Å². The summed E-state index contributed by atoms with van der Waals surface area (Å²) in [5, 5.41) is 3.64. The first-order chi connectivity index (χ1) is 27.6. The summed E-state index contributed by atoms with van der Waals surface area (Å²) in [5.41, 5.74) is 7.11. The topological polar surface area (TPSA) is 0 Å². The third-order valence-corrected chi connectivity index (χ3v) is 9.10. The van der Waals surface area contributed by atoms with E-state index in [1.165, 1.54) is 0 Å². The molecule has 48 heavy (non-hydrogen) atoms.